The topological polar surface area (TPSA) is 55.1 Å². The fourth-order valence-electron chi connectivity index (χ4n) is 3.31. The Balaban J connectivity index is 2.27. The number of carboxylic acids is 1. The molecule has 1 heterocycles. The van der Waals surface area contributed by atoms with Gasteiger partial charge in [0.2, 0.25) is 0 Å². The molecule has 1 atom stereocenters. The van der Waals surface area contributed by atoms with E-state index in [1.54, 1.807) is 0 Å². The number of hydrogen-bond donors (Lipinski definition) is 1. The Morgan fingerprint density at radius 3 is 1.94 bits per heavy atom. The zero-order valence-electron chi connectivity index (χ0n) is 16.0. The minimum Gasteiger partial charge on any atom is -0.481 e. The highest BCUT2D eigenvalue weighted by molar-refractivity contribution is 5.74. The molecule has 0 fully saturated rings. The normalized spacial score (nSPS) is 13.3. The Bertz CT molecular complexity index is 1100. The quantitative estimate of drug-likeness (QED) is 0.473. The van der Waals surface area contributed by atoms with E-state index in [1.165, 1.54) is 37.3 Å². The average molecular weight is 442 g/mol. The monoisotopic (exact) mass is 442 g/mol. The van der Waals surface area contributed by atoms with Crippen LogP contribution in [0.4, 0.5) is 26.3 Å². The number of hydrogen-bond acceptors (Lipinski definition) is 2. The molecule has 10 heteroatoms. The summed E-state index contributed by atoms with van der Waals surface area (Å²) in [5.41, 5.74) is -2.97. The second-order valence-corrected chi connectivity index (χ2v) is 6.89. The SMILES string of the molecule is CC(CC(=O)O)n1nc(-c2ccccc2C(F)(F)F)cc1-c1ccccc1C(F)(F)F. The molecule has 164 valence electrons. The second-order valence-electron chi connectivity index (χ2n) is 6.89. The summed E-state index contributed by atoms with van der Waals surface area (Å²) in [6.07, 6.45) is -9.92. The molecule has 0 aliphatic carbocycles. The lowest BCUT2D eigenvalue weighted by Crippen LogP contribution is -2.15. The number of benzene rings is 2. The number of aliphatic carboxylic acids is 1. The van der Waals surface area contributed by atoms with E-state index >= 15 is 0 Å². The van der Waals surface area contributed by atoms with Crippen molar-refractivity contribution < 1.29 is 36.2 Å². The summed E-state index contributed by atoms with van der Waals surface area (Å²) in [6, 6.07) is 9.31. The number of alkyl halides is 6. The largest absolute Gasteiger partial charge is 0.481 e. The Labute approximate surface area is 172 Å². The molecule has 0 aliphatic rings. The van der Waals surface area contributed by atoms with Crippen LogP contribution in [0.3, 0.4) is 0 Å². The van der Waals surface area contributed by atoms with Gasteiger partial charge in [-0.2, -0.15) is 31.4 Å². The molecule has 0 bridgehead atoms. The maximum Gasteiger partial charge on any atom is 0.417 e. The zero-order chi connectivity index (χ0) is 23.0. The molecule has 3 rings (SSSR count). The predicted octanol–water partition coefficient (Wildman–Crippen LogP) is 6.29. The van der Waals surface area contributed by atoms with Gasteiger partial charge in [0.05, 0.1) is 35.0 Å². The summed E-state index contributed by atoms with van der Waals surface area (Å²) in [5.74, 6) is -1.23. The van der Waals surface area contributed by atoms with Crippen LogP contribution in [0.25, 0.3) is 22.5 Å². The van der Waals surface area contributed by atoms with Crippen LogP contribution in [0, 0.1) is 0 Å². The molecule has 0 amide bonds. The number of nitrogens with zero attached hydrogens (tertiary/aromatic N) is 2. The van der Waals surface area contributed by atoms with E-state index in [9.17, 15) is 31.1 Å². The smallest absolute Gasteiger partial charge is 0.417 e. The Hall–Kier alpha value is -3.30. The van der Waals surface area contributed by atoms with Crippen LogP contribution >= 0.6 is 0 Å². The van der Waals surface area contributed by atoms with Crippen LogP contribution < -0.4 is 0 Å². The molecule has 0 saturated heterocycles. The van der Waals surface area contributed by atoms with E-state index in [4.69, 9.17) is 5.11 Å². The molecule has 0 aliphatic heterocycles. The summed E-state index contributed by atoms with van der Waals surface area (Å²) in [7, 11) is 0. The summed E-state index contributed by atoms with van der Waals surface area (Å²) in [6.45, 7) is 1.42. The highest BCUT2D eigenvalue weighted by atomic mass is 19.4. The van der Waals surface area contributed by atoms with Crippen LogP contribution in [-0.2, 0) is 17.1 Å². The molecule has 0 radical (unpaired) electrons. The first kappa shape index (κ1) is 22.4. The highest BCUT2D eigenvalue weighted by Crippen LogP contribution is 2.41. The van der Waals surface area contributed by atoms with Gasteiger partial charge in [-0.3, -0.25) is 9.48 Å². The van der Waals surface area contributed by atoms with Crippen molar-refractivity contribution in [2.45, 2.75) is 31.7 Å². The lowest BCUT2D eigenvalue weighted by Gasteiger charge is -2.17. The van der Waals surface area contributed by atoms with Crippen molar-refractivity contribution in [3.8, 4) is 22.5 Å². The molecule has 0 spiro atoms. The predicted molar refractivity (Wildman–Crippen MR) is 100 cm³/mol. The number of carboxylic acid groups (broad SMARTS) is 1. The minimum atomic E-state index is -4.73. The van der Waals surface area contributed by atoms with Crippen LogP contribution in [-0.4, -0.2) is 20.9 Å². The first-order chi connectivity index (χ1) is 14.4. The van der Waals surface area contributed by atoms with Crippen LogP contribution in [0.1, 0.15) is 30.5 Å². The molecular weight excluding hydrogens is 426 g/mol. The summed E-state index contributed by atoms with van der Waals surface area (Å²) >= 11 is 0. The van der Waals surface area contributed by atoms with Gasteiger partial charge in [0.15, 0.2) is 0 Å². The lowest BCUT2D eigenvalue weighted by atomic mass is 10.0. The first-order valence-corrected chi connectivity index (χ1v) is 9.04. The molecule has 0 saturated carbocycles. The molecule has 4 nitrogen and oxygen atoms in total. The third-order valence-corrected chi connectivity index (χ3v) is 4.64. The fourth-order valence-corrected chi connectivity index (χ4v) is 3.31. The maximum absolute atomic E-state index is 13.6. The number of rotatable bonds is 5. The van der Waals surface area contributed by atoms with Crippen LogP contribution in [0.5, 0.6) is 0 Å². The summed E-state index contributed by atoms with van der Waals surface area (Å²) in [5, 5.41) is 13.2. The van der Waals surface area contributed by atoms with Crippen molar-refractivity contribution in [3.05, 3.63) is 65.7 Å². The van der Waals surface area contributed by atoms with Gasteiger partial charge in [-0.05, 0) is 25.1 Å². The number of aromatic nitrogens is 2. The Morgan fingerprint density at radius 1 is 0.935 bits per heavy atom. The molecule has 1 aromatic heterocycles. The average Bonchev–Trinajstić information content (AvgIpc) is 3.11. The van der Waals surface area contributed by atoms with Gasteiger partial charge in [0.1, 0.15) is 0 Å². The lowest BCUT2D eigenvalue weighted by molar-refractivity contribution is -0.138. The van der Waals surface area contributed by atoms with Crippen LogP contribution in [0.2, 0.25) is 0 Å². The third-order valence-electron chi connectivity index (χ3n) is 4.64. The van der Waals surface area contributed by atoms with Crippen molar-refractivity contribution >= 4 is 5.97 Å². The van der Waals surface area contributed by atoms with E-state index in [0.29, 0.717) is 0 Å². The highest BCUT2D eigenvalue weighted by Gasteiger charge is 2.36. The van der Waals surface area contributed by atoms with Gasteiger partial charge < -0.3 is 5.11 Å². The van der Waals surface area contributed by atoms with Crippen molar-refractivity contribution in [1.29, 1.82) is 0 Å². The van der Waals surface area contributed by atoms with Crippen LogP contribution in [0.15, 0.2) is 54.6 Å². The van der Waals surface area contributed by atoms with E-state index < -0.39 is 41.9 Å². The van der Waals surface area contributed by atoms with Gasteiger partial charge in [-0.15, -0.1) is 0 Å². The molecule has 2 aromatic carbocycles. The summed E-state index contributed by atoms with van der Waals surface area (Å²) < 4.78 is 82.1. The van der Waals surface area contributed by atoms with Gasteiger partial charge >= 0.3 is 18.3 Å². The molecule has 31 heavy (non-hydrogen) atoms. The molecule has 3 aromatic rings. The molecular formula is C21H16F6N2O2. The third kappa shape index (κ3) is 4.73. The van der Waals surface area contributed by atoms with Crippen molar-refractivity contribution in [2.75, 3.05) is 0 Å². The number of halogens is 6. The van der Waals surface area contributed by atoms with Gasteiger partial charge in [-0.1, -0.05) is 36.4 Å². The van der Waals surface area contributed by atoms with Gasteiger partial charge in [0, 0.05) is 11.1 Å². The standard InChI is InChI=1S/C21H16F6N2O2/c1-12(10-19(30)31)29-18(14-7-3-5-9-16(14)21(25,26)27)11-17(28-29)13-6-2-4-8-15(13)20(22,23)24/h2-9,11-12H,10H2,1H3,(H,30,31). The fraction of sp³-hybridized carbons (Fsp3) is 0.238. The van der Waals surface area contributed by atoms with Crippen molar-refractivity contribution in [2.24, 2.45) is 0 Å². The molecule has 1 unspecified atom stereocenters. The first-order valence-electron chi connectivity index (χ1n) is 9.04. The summed E-state index contributed by atoms with van der Waals surface area (Å²) in [4.78, 5) is 11.1. The van der Waals surface area contributed by atoms with Gasteiger partial charge in [0.25, 0.3) is 0 Å². The Kier molecular flexibility index (Phi) is 5.84. The second kappa shape index (κ2) is 8.09. The van der Waals surface area contributed by atoms with Gasteiger partial charge in [-0.25, -0.2) is 0 Å². The Morgan fingerprint density at radius 2 is 1.42 bits per heavy atom. The van der Waals surface area contributed by atoms with E-state index in [-0.39, 0.29) is 22.5 Å². The van der Waals surface area contributed by atoms with E-state index in [1.807, 2.05) is 0 Å². The van der Waals surface area contributed by atoms with Crippen molar-refractivity contribution in [1.82, 2.24) is 9.78 Å². The maximum atomic E-state index is 13.6. The minimum absolute atomic E-state index is 0.131. The van der Waals surface area contributed by atoms with Crippen molar-refractivity contribution in [3.63, 3.8) is 0 Å². The molecule has 1 N–H and O–H groups in total. The zero-order valence-corrected chi connectivity index (χ0v) is 16.0. The van der Waals surface area contributed by atoms with E-state index in [2.05, 4.69) is 5.10 Å². The number of carbonyl (C=O) groups is 1. The van der Waals surface area contributed by atoms with E-state index in [0.717, 1.165) is 28.9 Å².